The average molecular weight is 176 g/mol. The second kappa shape index (κ2) is 3.53. The molecule has 0 saturated carbocycles. The predicted molar refractivity (Wildman–Crippen MR) is 59.0 cm³/mol. The van der Waals surface area contributed by atoms with Crippen LogP contribution in [-0.4, -0.2) is 0 Å². The monoisotopic (exact) mass is 176 g/mol. The maximum absolute atomic E-state index is 2.30. The fraction of sp³-hybridized carbons (Fsp3) is 0.538. The van der Waals surface area contributed by atoms with Crippen LogP contribution in [0.2, 0.25) is 0 Å². The predicted octanol–water partition coefficient (Wildman–Crippen LogP) is 4.14. The highest BCUT2D eigenvalue weighted by Crippen LogP contribution is 2.34. The molecule has 0 fully saturated rings. The van der Waals surface area contributed by atoms with Crippen molar-refractivity contribution in [3.8, 4) is 0 Å². The van der Waals surface area contributed by atoms with Gasteiger partial charge in [0, 0.05) is 0 Å². The van der Waals surface area contributed by atoms with Crippen LogP contribution in [0.3, 0.4) is 0 Å². The molecule has 1 unspecified atom stereocenters. The summed E-state index contributed by atoms with van der Waals surface area (Å²) in [5.74, 6) is 0.618. The molecule has 0 aliphatic rings. The summed E-state index contributed by atoms with van der Waals surface area (Å²) in [4.78, 5) is 0. The van der Waals surface area contributed by atoms with Gasteiger partial charge in [-0.25, -0.2) is 0 Å². The van der Waals surface area contributed by atoms with E-state index >= 15 is 0 Å². The lowest BCUT2D eigenvalue weighted by atomic mass is 9.77. The van der Waals surface area contributed by atoms with Gasteiger partial charge in [0.15, 0.2) is 0 Å². The van der Waals surface area contributed by atoms with Crippen LogP contribution in [0, 0.1) is 12.3 Å². The molecule has 1 atom stereocenters. The van der Waals surface area contributed by atoms with Crippen LogP contribution >= 0.6 is 0 Å². The molecular formula is C13H20. The third-order valence-corrected chi connectivity index (χ3v) is 2.84. The van der Waals surface area contributed by atoms with Crippen molar-refractivity contribution in [3.63, 3.8) is 0 Å². The summed E-state index contributed by atoms with van der Waals surface area (Å²) >= 11 is 0. The molecule has 0 aliphatic heterocycles. The summed E-state index contributed by atoms with van der Waals surface area (Å²) in [5, 5.41) is 0. The average Bonchev–Trinajstić information content (AvgIpc) is 2.01. The largest absolute Gasteiger partial charge is 0.0617 e. The maximum atomic E-state index is 2.30. The Bertz CT molecular complexity index is 278. The third kappa shape index (κ3) is 2.58. The second-order valence-corrected chi connectivity index (χ2v) is 5.00. The maximum Gasteiger partial charge on any atom is -0.0142 e. The van der Waals surface area contributed by atoms with Crippen LogP contribution in [0.1, 0.15) is 44.7 Å². The van der Waals surface area contributed by atoms with Crippen LogP contribution in [0.25, 0.3) is 0 Å². The van der Waals surface area contributed by atoms with E-state index in [-0.39, 0.29) is 0 Å². The van der Waals surface area contributed by atoms with Crippen molar-refractivity contribution in [2.24, 2.45) is 5.41 Å². The van der Waals surface area contributed by atoms with E-state index in [1.807, 2.05) is 0 Å². The van der Waals surface area contributed by atoms with Gasteiger partial charge in [-0.2, -0.15) is 0 Å². The topological polar surface area (TPSA) is 0 Å². The van der Waals surface area contributed by atoms with E-state index in [9.17, 15) is 0 Å². The van der Waals surface area contributed by atoms with Gasteiger partial charge >= 0.3 is 0 Å². The van der Waals surface area contributed by atoms with Gasteiger partial charge in [-0.15, -0.1) is 0 Å². The van der Waals surface area contributed by atoms with Crippen LogP contribution < -0.4 is 0 Å². The Morgan fingerprint density at radius 1 is 1.15 bits per heavy atom. The molecule has 0 bridgehead atoms. The molecule has 0 heterocycles. The van der Waals surface area contributed by atoms with Gasteiger partial charge in [0.2, 0.25) is 0 Å². The molecule has 0 nitrogen and oxygen atoms in total. The van der Waals surface area contributed by atoms with Gasteiger partial charge in [-0.1, -0.05) is 57.5 Å². The molecule has 0 heteroatoms. The first-order valence-electron chi connectivity index (χ1n) is 4.98. The Balaban J connectivity index is 2.96. The first-order valence-corrected chi connectivity index (χ1v) is 4.98. The fourth-order valence-electron chi connectivity index (χ4n) is 1.44. The second-order valence-electron chi connectivity index (χ2n) is 5.00. The van der Waals surface area contributed by atoms with Crippen LogP contribution in [0.5, 0.6) is 0 Å². The summed E-state index contributed by atoms with van der Waals surface area (Å²) < 4.78 is 0. The smallest absolute Gasteiger partial charge is 0.0142 e. The van der Waals surface area contributed by atoms with E-state index < -0.39 is 0 Å². The minimum Gasteiger partial charge on any atom is -0.0617 e. The zero-order chi connectivity index (χ0) is 10.1. The van der Waals surface area contributed by atoms with Crippen molar-refractivity contribution in [3.05, 3.63) is 35.4 Å². The first-order chi connectivity index (χ1) is 5.91. The highest BCUT2D eigenvalue weighted by atomic mass is 14.3. The highest BCUT2D eigenvalue weighted by molar-refractivity contribution is 5.26. The van der Waals surface area contributed by atoms with Crippen LogP contribution in [-0.2, 0) is 0 Å². The SMILES string of the molecule is Cc1cccc(C(C)C(C)(C)C)c1. The zero-order valence-corrected chi connectivity index (χ0v) is 9.39. The summed E-state index contributed by atoms with van der Waals surface area (Å²) in [7, 11) is 0. The number of aryl methyl sites for hydroxylation is 1. The van der Waals surface area contributed by atoms with Gasteiger partial charge in [0.1, 0.15) is 0 Å². The summed E-state index contributed by atoms with van der Waals surface area (Å²) in [6, 6.07) is 8.81. The van der Waals surface area contributed by atoms with Gasteiger partial charge in [-0.3, -0.25) is 0 Å². The van der Waals surface area contributed by atoms with Crippen LogP contribution in [0.15, 0.2) is 24.3 Å². The van der Waals surface area contributed by atoms with Crippen molar-refractivity contribution >= 4 is 0 Å². The van der Waals surface area contributed by atoms with E-state index in [1.165, 1.54) is 11.1 Å². The molecule has 1 rings (SSSR count). The lowest BCUT2D eigenvalue weighted by Gasteiger charge is -2.27. The molecule has 0 spiro atoms. The number of hydrogen-bond acceptors (Lipinski definition) is 0. The highest BCUT2D eigenvalue weighted by Gasteiger charge is 2.21. The normalized spacial score (nSPS) is 14.2. The first kappa shape index (κ1) is 10.3. The molecular weight excluding hydrogens is 156 g/mol. The lowest BCUT2D eigenvalue weighted by Crippen LogP contribution is -2.15. The third-order valence-electron chi connectivity index (χ3n) is 2.84. The molecule has 72 valence electrons. The van der Waals surface area contributed by atoms with Crippen LogP contribution in [0.4, 0.5) is 0 Å². The van der Waals surface area contributed by atoms with Crippen molar-refractivity contribution < 1.29 is 0 Å². The molecule has 13 heavy (non-hydrogen) atoms. The number of rotatable bonds is 1. The van der Waals surface area contributed by atoms with Gasteiger partial charge in [0.05, 0.1) is 0 Å². The van der Waals surface area contributed by atoms with Crippen molar-refractivity contribution in [2.45, 2.75) is 40.5 Å². The Labute approximate surface area is 82.0 Å². The Kier molecular flexibility index (Phi) is 2.80. The molecule has 1 aromatic rings. The van der Waals surface area contributed by atoms with Crippen molar-refractivity contribution in [1.29, 1.82) is 0 Å². The van der Waals surface area contributed by atoms with Gasteiger partial charge in [-0.05, 0) is 23.8 Å². The van der Waals surface area contributed by atoms with Gasteiger partial charge < -0.3 is 0 Å². The van der Waals surface area contributed by atoms with E-state index in [0.29, 0.717) is 11.3 Å². The van der Waals surface area contributed by atoms with E-state index in [0.717, 1.165) is 0 Å². The molecule has 0 saturated heterocycles. The molecule has 0 aromatic heterocycles. The quantitative estimate of drug-likeness (QED) is 0.603. The Hall–Kier alpha value is -0.780. The van der Waals surface area contributed by atoms with E-state index in [1.54, 1.807) is 0 Å². The summed E-state index contributed by atoms with van der Waals surface area (Å²) in [5.41, 5.74) is 3.16. The fourth-order valence-corrected chi connectivity index (χ4v) is 1.44. The molecule has 0 N–H and O–H groups in total. The van der Waals surface area contributed by atoms with Gasteiger partial charge in [0.25, 0.3) is 0 Å². The standard InChI is InChI=1S/C13H20/c1-10-7-6-8-12(9-10)11(2)13(3,4)5/h6-9,11H,1-5H3. The van der Waals surface area contributed by atoms with Crippen molar-refractivity contribution in [1.82, 2.24) is 0 Å². The lowest BCUT2D eigenvalue weighted by molar-refractivity contribution is 0.339. The summed E-state index contributed by atoms with van der Waals surface area (Å²) in [6.07, 6.45) is 0. The number of benzene rings is 1. The number of hydrogen-bond donors (Lipinski definition) is 0. The minimum atomic E-state index is 0.355. The molecule has 0 amide bonds. The Morgan fingerprint density at radius 3 is 2.23 bits per heavy atom. The Morgan fingerprint density at radius 2 is 1.77 bits per heavy atom. The van der Waals surface area contributed by atoms with E-state index in [2.05, 4.69) is 58.9 Å². The van der Waals surface area contributed by atoms with Crippen molar-refractivity contribution in [2.75, 3.05) is 0 Å². The molecule has 0 radical (unpaired) electrons. The zero-order valence-electron chi connectivity index (χ0n) is 9.39. The summed E-state index contributed by atoms with van der Waals surface area (Å²) in [6.45, 7) is 11.3. The van der Waals surface area contributed by atoms with E-state index in [4.69, 9.17) is 0 Å². The molecule has 0 aliphatic carbocycles. The molecule has 1 aromatic carbocycles. The minimum absolute atomic E-state index is 0.355.